The molecule has 0 heterocycles. The lowest BCUT2D eigenvalue weighted by atomic mass is 10.4. The summed E-state index contributed by atoms with van der Waals surface area (Å²) in [5, 5.41) is 0. The van der Waals surface area contributed by atoms with Gasteiger partial charge in [0.05, 0.1) is 6.61 Å². The van der Waals surface area contributed by atoms with Crippen molar-refractivity contribution in [3.05, 3.63) is 12.2 Å². The Balaban J connectivity index is 3.73. The fourth-order valence-corrected chi connectivity index (χ4v) is 3.87. The van der Waals surface area contributed by atoms with Crippen molar-refractivity contribution in [3.63, 3.8) is 0 Å². The van der Waals surface area contributed by atoms with E-state index in [1.807, 2.05) is 0 Å². The highest BCUT2D eigenvalue weighted by atomic mass is 28.4. The second-order valence-electron chi connectivity index (χ2n) is 4.95. The number of carbonyl (C=O) groups is 1. The average molecular weight is 244 g/mol. The molecule has 94 valence electrons. The predicted octanol–water partition coefficient (Wildman–Crippen LogP) is 3.13. The maximum Gasteiger partial charge on any atom is 0.333 e. The Hall–Kier alpha value is -0.613. The topological polar surface area (TPSA) is 35.5 Å². The maximum atomic E-state index is 11.1. The minimum Gasteiger partial charge on any atom is -0.462 e. The first-order chi connectivity index (χ1) is 7.24. The molecule has 0 aromatic heterocycles. The normalized spacial score (nSPS) is 11.6. The van der Waals surface area contributed by atoms with Crippen molar-refractivity contribution in [2.24, 2.45) is 0 Å². The van der Waals surface area contributed by atoms with E-state index in [1.54, 1.807) is 6.92 Å². The Morgan fingerprint density at radius 1 is 1.38 bits per heavy atom. The number of rotatable bonds is 7. The highest BCUT2D eigenvalue weighted by Gasteiger charge is 2.23. The van der Waals surface area contributed by atoms with E-state index < -0.39 is 8.32 Å². The molecule has 0 saturated heterocycles. The maximum absolute atomic E-state index is 11.1. The molecule has 0 saturated carbocycles. The molecule has 0 radical (unpaired) electrons. The van der Waals surface area contributed by atoms with E-state index in [4.69, 9.17) is 9.16 Å². The highest BCUT2D eigenvalue weighted by Crippen LogP contribution is 2.16. The van der Waals surface area contributed by atoms with Crippen molar-refractivity contribution < 1.29 is 14.0 Å². The van der Waals surface area contributed by atoms with Gasteiger partial charge in [0.25, 0.3) is 0 Å². The van der Waals surface area contributed by atoms with Gasteiger partial charge in [-0.25, -0.2) is 4.79 Å². The van der Waals surface area contributed by atoms with Gasteiger partial charge in [0.2, 0.25) is 0 Å². The molecule has 0 rings (SSSR count). The first-order valence-electron chi connectivity index (χ1n) is 5.75. The van der Waals surface area contributed by atoms with Gasteiger partial charge in [-0.1, -0.05) is 6.58 Å². The SMILES string of the molecule is C=C(C)C(=O)OCCC[Si](C)(C)OC(C)C. The van der Waals surface area contributed by atoms with Gasteiger partial charge in [-0.05, 0) is 46.3 Å². The van der Waals surface area contributed by atoms with Crippen LogP contribution >= 0.6 is 0 Å². The molecule has 0 aliphatic rings. The number of hydrogen-bond acceptors (Lipinski definition) is 3. The van der Waals surface area contributed by atoms with Crippen LogP contribution in [-0.4, -0.2) is 27.0 Å². The lowest BCUT2D eigenvalue weighted by Crippen LogP contribution is -2.33. The quantitative estimate of drug-likeness (QED) is 0.299. The molecule has 0 bridgehead atoms. The van der Waals surface area contributed by atoms with Crippen LogP contribution < -0.4 is 0 Å². The molecular weight excluding hydrogens is 220 g/mol. The molecule has 0 fully saturated rings. The summed E-state index contributed by atoms with van der Waals surface area (Å²) in [5.74, 6) is -0.302. The molecule has 4 heteroatoms. The third kappa shape index (κ3) is 7.65. The number of esters is 1. The van der Waals surface area contributed by atoms with E-state index in [9.17, 15) is 4.79 Å². The molecule has 0 unspecified atom stereocenters. The summed E-state index contributed by atoms with van der Waals surface area (Å²) in [6.45, 7) is 14.1. The Bertz CT molecular complexity index is 247. The summed E-state index contributed by atoms with van der Waals surface area (Å²) in [6.07, 6.45) is 1.14. The number of hydrogen-bond donors (Lipinski definition) is 0. The minimum atomic E-state index is -1.58. The summed E-state index contributed by atoms with van der Waals surface area (Å²) in [4.78, 5) is 11.1. The summed E-state index contributed by atoms with van der Waals surface area (Å²) in [6, 6.07) is 1.01. The van der Waals surface area contributed by atoms with Crippen molar-refractivity contribution >= 4 is 14.3 Å². The molecule has 0 aliphatic heterocycles. The van der Waals surface area contributed by atoms with Gasteiger partial charge in [0, 0.05) is 11.7 Å². The molecule has 0 spiro atoms. The Morgan fingerprint density at radius 3 is 2.38 bits per heavy atom. The van der Waals surface area contributed by atoms with Gasteiger partial charge >= 0.3 is 5.97 Å². The standard InChI is InChI=1S/C12H24O3Si/c1-10(2)12(13)14-8-7-9-16(5,6)15-11(3)4/h11H,1,7-9H2,2-6H3. The van der Waals surface area contributed by atoms with Crippen LogP contribution in [-0.2, 0) is 14.0 Å². The second-order valence-corrected chi connectivity index (χ2v) is 9.20. The van der Waals surface area contributed by atoms with Crippen molar-refractivity contribution in [1.82, 2.24) is 0 Å². The zero-order valence-corrected chi connectivity index (χ0v) is 12.1. The zero-order chi connectivity index (χ0) is 12.8. The molecule has 0 amide bonds. The van der Waals surface area contributed by atoms with Crippen LogP contribution in [0.2, 0.25) is 19.1 Å². The Morgan fingerprint density at radius 2 is 1.94 bits per heavy atom. The van der Waals surface area contributed by atoms with Gasteiger partial charge in [0.1, 0.15) is 0 Å². The first-order valence-corrected chi connectivity index (χ1v) is 8.86. The van der Waals surface area contributed by atoms with Crippen LogP contribution in [0.4, 0.5) is 0 Å². The van der Waals surface area contributed by atoms with E-state index in [0.29, 0.717) is 12.2 Å². The smallest absolute Gasteiger partial charge is 0.333 e. The van der Waals surface area contributed by atoms with Crippen LogP contribution in [0, 0.1) is 0 Å². The van der Waals surface area contributed by atoms with Crippen LogP contribution in [0.3, 0.4) is 0 Å². The summed E-state index contributed by atoms with van der Waals surface area (Å²) in [5.41, 5.74) is 0.454. The fourth-order valence-electron chi connectivity index (χ4n) is 1.48. The van der Waals surface area contributed by atoms with E-state index >= 15 is 0 Å². The number of carbonyl (C=O) groups excluding carboxylic acids is 1. The summed E-state index contributed by atoms with van der Waals surface area (Å²) in [7, 11) is -1.58. The molecule has 0 aromatic carbocycles. The number of ether oxygens (including phenoxy) is 1. The van der Waals surface area contributed by atoms with E-state index in [-0.39, 0.29) is 12.1 Å². The Kier molecular flexibility index (Phi) is 6.60. The van der Waals surface area contributed by atoms with Crippen molar-refractivity contribution in [2.45, 2.75) is 52.4 Å². The lowest BCUT2D eigenvalue weighted by Gasteiger charge is -2.25. The minimum absolute atomic E-state index is 0.277. The van der Waals surface area contributed by atoms with Crippen molar-refractivity contribution in [3.8, 4) is 0 Å². The molecule has 0 aromatic rings. The molecule has 0 aliphatic carbocycles. The lowest BCUT2D eigenvalue weighted by molar-refractivity contribution is -0.138. The van der Waals surface area contributed by atoms with E-state index in [0.717, 1.165) is 12.5 Å². The van der Waals surface area contributed by atoms with Gasteiger partial charge in [-0.2, -0.15) is 0 Å². The van der Waals surface area contributed by atoms with E-state index in [2.05, 4.69) is 33.5 Å². The van der Waals surface area contributed by atoms with Crippen LogP contribution in [0.25, 0.3) is 0 Å². The van der Waals surface area contributed by atoms with Gasteiger partial charge in [0.15, 0.2) is 8.32 Å². The van der Waals surface area contributed by atoms with Gasteiger partial charge < -0.3 is 9.16 Å². The molecule has 3 nitrogen and oxygen atoms in total. The van der Waals surface area contributed by atoms with Gasteiger partial charge in [-0.3, -0.25) is 0 Å². The molecular formula is C12H24O3Si. The van der Waals surface area contributed by atoms with E-state index in [1.165, 1.54) is 0 Å². The van der Waals surface area contributed by atoms with Crippen molar-refractivity contribution in [1.29, 1.82) is 0 Å². The second kappa shape index (κ2) is 6.86. The summed E-state index contributed by atoms with van der Waals surface area (Å²) >= 11 is 0. The summed E-state index contributed by atoms with van der Waals surface area (Å²) < 4.78 is 10.9. The molecule has 16 heavy (non-hydrogen) atoms. The van der Waals surface area contributed by atoms with Crippen LogP contribution in [0.15, 0.2) is 12.2 Å². The Labute approximate surface area is 100.0 Å². The van der Waals surface area contributed by atoms with Gasteiger partial charge in [-0.15, -0.1) is 0 Å². The first kappa shape index (κ1) is 15.4. The average Bonchev–Trinajstić information content (AvgIpc) is 2.09. The predicted molar refractivity (Wildman–Crippen MR) is 68.9 cm³/mol. The largest absolute Gasteiger partial charge is 0.462 e. The van der Waals surface area contributed by atoms with Crippen LogP contribution in [0.1, 0.15) is 27.2 Å². The monoisotopic (exact) mass is 244 g/mol. The third-order valence-electron chi connectivity index (χ3n) is 2.06. The molecule has 0 N–H and O–H groups in total. The highest BCUT2D eigenvalue weighted by molar-refractivity contribution is 6.71. The third-order valence-corrected chi connectivity index (χ3v) is 4.73. The fraction of sp³-hybridized carbons (Fsp3) is 0.750. The molecule has 0 atom stereocenters. The zero-order valence-electron chi connectivity index (χ0n) is 11.1. The van der Waals surface area contributed by atoms with Crippen molar-refractivity contribution in [2.75, 3.05) is 6.61 Å². The van der Waals surface area contributed by atoms with Crippen LogP contribution in [0.5, 0.6) is 0 Å².